The summed E-state index contributed by atoms with van der Waals surface area (Å²) in [6, 6.07) is 0. The molecule has 1 aliphatic carbocycles. The fraction of sp³-hybridized carbons (Fsp3) is 0.933. The number of aliphatic hydroxyl groups is 3. The fourth-order valence-corrected chi connectivity index (χ4v) is 3.55. The minimum atomic E-state index is -2.14. The Morgan fingerprint density at radius 2 is 2.14 bits per heavy atom. The Bertz CT molecular complexity index is 339. The maximum absolute atomic E-state index is 10.9. The van der Waals surface area contributed by atoms with Gasteiger partial charge in [0.15, 0.2) is 12.1 Å². The molecule has 0 aromatic rings. The Hall–Kier alpha value is -0.530. The number of rotatable bonds is 7. The minimum Gasteiger partial charge on any atom is -0.391 e. The molecule has 122 valence electrons. The van der Waals surface area contributed by atoms with Gasteiger partial charge in [0.1, 0.15) is 6.29 Å². The summed E-state index contributed by atoms with van der Waals surface area (Å²) in [6.45, 7) is -0.0113. The Morgan fingerprint density at radius 1 is 1.33 bits per heavy atom. The van der Waals surface area contributed by atoms with Gasteiger partial charge < -0.3 is 29.6 Å². The maximum atomic E-state index is 10.9. The lowest BCUT2D eigenvalue weighted by Gasteiger charge is -2.34. The molecule has 0 amide bonds. The van der Waals surface area contributed by atoms with Gasteiger partial charge in [0.25, 0.3) is 0 Å². The van der Waals surface area contributed by atoms with Gasteiger partial charge in [-0.1, -0.05) is 0 Å². The smallest absolute Gasteiger partial charge is 0.186 e. The van der Waals surface area contributed by atoms with Gasteiger partial charge in [-0.2, -0.15) is 0 Å². The van der Waals surface area contributed by atoms with E-state index < -0.39 is 17.8 Å². The lowest BCUT2D eigenvalue weighted by Crippen LogP contribution is -2.40. The van der Waals surface area contributed by atoms with E-state index in [1.165, 1.54) is 0 Å². The zero-order chi connectivity index (χ0) is 15.3. The average molecular weight is 302 g/mol. The lowest BCUT2D eigenvalue weighted by atomic mass is 9.77. The Morgan fingerprint density at radius 3 is 2.76 bits per heavy atom. The normalized spacial score (nSPS) is 34.0. The highest BCUT2D eigenvalue weighted by atomic mass is 16.7. The van der Waals surface area contributed by atoms with Crippen LogP contribution in [-0.2, 0) is 14.3 Å². The molecule has 6 heteroatoms. The second kappa shape index (κ2) is 7.15. The second-order valence-electron chi connectivity index (χ2n) is 6.49. The second-order valence-corrected chi connectivity index (χ2v) is 6.49. The van der Waals surface area contributed by atoms with E-state index in [1.54, 1.807) is 0 Å². The van der Waals surface area contributed by atoms with Gasteiger partial charge in [0, 0.05) is 19.4 Å². The largest absolute Gasteiger partial charge is 0.391 e. The highest BCUT2D eigenvalue weighted by molar-refractivity contribution is 5.51. The number of aliphatic hydroxyl groups excluding tert-OH is 1. The van der Waals surface area contributed by atoms with Crippen molar-refractivity contribution < 1.29 is 29.6 Å². The van der Waals surface area contributed by atoms with Crippen LogP contribution in [0.25, 0.3) is 0 Å². The number of hydrogen-bond acceptors (Lipinski definition) is 6. The molecule has 0 radical (unpaired) electrons. The molecule has 1 saturated carbocycles. The summed E-state index contributed by atoms with van der Waals surface area (Å²) in [5.41, 5.74) is -0.507. The van der Waals surface area contributed by atoms with Gasteiger partial charge in [-0.05, 0) is 43.9 Å². The van der Waals surface area contributed by atoms with Gasteiger partial charge in [0.05, 0.1) is 12.7 Å². The van der Waals surface area contributed by atoms with Crippen molar-refractivity contribution in [3.63, 3.8) is 0 Å². The van der Waals surface area contributed by atoms with Gasteiger partial charge in [-0.15, -0.1) is 0 Å². The number of carbonyl (C=O) groups is 1. The van der Waals surface area contributed by atoms with Crippen LogP contribution in [0.15, 0.2) is 0 Å². The SMILES string of the molecule is O=CCC1(CC(O)(O)CO)CC[C@H](OC2CCCCO2)C1. The van der Waals surface area contributed by atoms with Crippen molar-refractivity contribution in [2.24, 2.45) is 5.41 Å². The lowest BCUT2D eigenvalue weighted by molar-refractivity contribution is -0.211. The highest BCUT2D eigenvalue weighted by Crippen LogP contribution is 2.47. The summed E-state index contributed by atoms with van der Waals surface area (Å²) in [7, 11) is 0. The number of aldehydes is 1. The zero-order valence-electron chi connectivity index (χ0n) is 12.4. The molecule has 3 atom stereocenters. The van der Waals surface area contributed by atoms with Crippen molar-refractivity contribution in [2.45, 2.75) is 69.5 Å². The predicted octanol–water partition coefficient (Wildman–Crippen LogP) is 0.721. The van der Waals surface area contributed by atoms with Crippen molar-refractivity contribution in [1.29, 1.82) is 0 Å². The molecule has 0 aromatic heterocycles. The first-order valence-electron chi connectivity index (χ1n) is 7.75. The van der Waals surface area contributed by atoms with E-state index in [9.17, 15) is 15.0 Å². The van der Waals surface area contributed by atoms with Crippen molar-refractivity contribution in [2.75, 3.05) is 13.2 Å². The van der Waals surface area contributed by atoms with Crippen LogP contribution in [0, 0.1) is 5.41 Å². The molecule has 1 heterocycles. The molecule has 2 rings (SSSR count). The number of ether oxygens (including phenoxy) is 2. The predicted molar refractivity (Wildman–Crippen MR) is 74.3 cm³/mol. The van der Waals surface area contributed by atoms with Crippen molar-refractivity contribution in [3.8, 4) is 0 Å². The first-order valence-corrected chi connectivity index (χ1v) is 7.75. The van der Waals surface area contributed by atoms with Gasteiger partial charge in [0.2, 0.25) is 0 Å². The third kappa shape index (κ3) is 4.72. The summed E-state index contributed by atoms with van der Waals surface area (Å²) in [6.07, 6.45) is 5.94. The van der Waals surface area contributed by atoms with E-state index >= 15 is 0 Å². The molecule has 2 fully saturated rings. The van der Waals surface area contributed by atoms with Gasteiger partial charge in [-0.3, -0.25) is 0 Å². The molecular formula is C15H26O6. The van der Waals surface area contributed by atoms with Gasteiger partial charge in [-0.25, -0.2) is 0 Å². The molecule has 2 unspecified atom stereocenters. The fourth-order valence-electron chi connectivity index (χ4n) is 3.55. The molecule has 1 aliphatic heterocycles. The first-order chi connectivity index (χ1) is 9.99. The molecular weight excluding hydrogens is 276 g/mol. The van der Waals surface area contributed by atoms with Crippen LogP contribution >= 0.6 is 0 Å². The molecule has 1 saturated heterocycles. The molecule has 0 spiro atoms. The molecule has 0 aromatic carbocycles. The quantitative estimate of drug-likeness (QED) is 0.474. The van der Waals surface area contributed by atoms with Crippen LogP contribution in [-0.4, -0.2) is 53.0 Å². The summed E-state index contributed by atoms with van der Waals surface area (Å²) in [5, 5.41) is 28.4. The van der Waals surface area contributed by atoms with Crippen LogP contribution in [0.4, 0.5) is 0 Å². The molecule has 6 nitrogen and oxygen atoms in total. The van der Waals surface area contributed by atoms with Gasteiger partial charge >= 0.3 is 0 Å². The van der Waals surface area contributed by atoms with Crippen LogP contribution < -0.4 is 0 Å². The number of hydrogen-bond donors (Lipinski definition) is 3. The summed E-state index contributed by atoms with van der Waals surface area (Å²) >= 11 is 0. The molecule has 0 bridgehead atoms. The van der Waals surface area contributed by atoms with E-state index in [0.29, 0.717) is 12.8 Å². The van der Waals surface area contributed by atoms with E-state index in [0.717, 1.165) is 38.6 Å². The van der Waals surface area contributed by atoms with Crippen LogP contribution in [0.2, 0.25) is 0 Å². The van der Waals surface area contributed by atoms with Crippen LogP contribution in [0.3, 0.4) is 0 Å². The van der Waals surface area contributed by atoms with E-state index in [4.69, 9.17) is 14.6 Å². The highest BCUT2D eigenvalue weighted by Gasteiger charge is 2.45. The third-order valence-corrected chi connectivity index (χ3v) is 4.57. The summed E-state index contributed by atoms with van der Waals surface area (Å²) in [4.78, 5) is 10.9. The van der Waals surface area contributed by atoms with Crippen molar-refractivity contribution >= 4 is 6.29 Å². The molecule has 3 N–H and O–H groups in total. The maximum Gasteiger partial charge on any atom is 0.186 e. The summed E-state index contributed by atoms with van der Waals surface area (Å²) in [5.74, 6) is -2.14. The van der Waals surface area contributed by atoms with Crippen LogP contribution in [0.5, 0.6) is 0 Å². The van der Waals surface area contributed by atoms with Crippen molar-refractivity contribution in [3.05, 3.63) is 0 Å². The molecule has 21 heavy (non-hydrogen) atoms. The first kappa shape index (κ1) is 16.8. The Balaban J connectivity index is 1.92. The molecule has 2 aliphatic rings. The third-order valence-electron chi connectivity index (χ3n) is 4.57. The summed E-state index contributed by atoms with van der Waals surface area (Å²) < 4.78 is 11.5. The monoisotopic (exact) mass is 302 g/mol. The van der Waals surface area contributed by atoms with E-state index in [2.05, 4.69) is 0 Å². The topological polar surface area (TPSA) is 96.2 Å². The average Bonchev–Trinajstić information content (AvgIpc) is 2.82. The van der Waals surface area contributed by atoms with Crippen LogP contribution in [0.1, 0.15) is 51.4 Å². The Kier molecular flexibility index (Phi) is 5.73. The van der Waals surface area contributed by atoms with E-state index in [1.807, 2.05) is 0 Å². The number of carbonyl (C=O) groups excluding carboxylic acids is 1. The van der Waals surface area contributed by atoms with E-state index in [-0.39, 0.29) is 25.2 Å². The minimum absolute atomic E-state index is 0.0133. The van der Waals surface area contributed by atoms with Crippen molar-refractivity contribution in [1.82, 2.24) is 0 Å². The Labute approximate surface area is 125 Å². The standard InChI is InChI=1S/C15H26O6/c16-7-6-14(10-15(18,19)11-17)5-4-12(9-14)21-13-3-1-2-8-20-13/h7,12-13,17-19H,1-6,8-11H2/t12-,13?,14?/m0/s1. The zero-order valence-corrected chi connectivity index (χ0v) is 12.4.